The molecule has 4 N–H and O–H groups in total. The van der Waals surface area contributed by atoms with Crippen molar-refractivity contribution >= 4 is 0 Å². The molecule has 0 aromatic heterocycles. The second-order valence-electron chi connectivity index (χ2n) is 7.92. The van der Waals surface area contributed by atoms with E-state index in [0.29, 0.717) is 25.1 Å². The van der Waals surface area contributed by atoms with E-state index >= 15 is 0 Å². The first kappa shape index (κ1) is 21.2. The summed E-state index contributed by atoms with van der Waals surface area (Å²) >= 11 is 0. The van der Waals surface area contributed by atoms with E-state index in [1.165, 1.54) is 18.2 Å². The number of nitrogens with zero attached hydrogens (tertiary/aromatic N) is 1. The summed E-state index contributed by atoms with van der Waals surface area (Å²) in [5, 5.41) is 34.4. The van der Waals surface area contributed by atoms with Gasteiger partial charge in [0.1, 0.15) is 17.3 Å². The van der Waals surface area contributed by atoms with Crippen LogP contribution in [0, 0.1) is 5.82 Å². The topological polar surface area (TPSA) is 76.0 Å². The Morgan fingerprint density at radius 1 is 1.10 bits per heavy atom. The number of aliphatic hydroxyl groups is 1. The number of aliphatic hydroxyl groups excluding tert-OH is 1. The van der Waals surface area contributed by atoms with Gasteiger partial charge in [0.2, 0.25) is 0 Å². The van der Waals surface area contributed by atoms with Crippen molar-refractivity contribution in [2.45, 2.75) is 37.5 Å². The summed E-state index contributed by atoms with van der Waals surface area (Å²) < 4.78 is 13.2. The fourth-order valence-corrected chi connectivity index (χ4v) is 4.29. The zero-order valence-electron chi connectivity index (χ0n) is 17.2. The molecule has 0 bridgehead atoms. The third kappa shape index (κ3) is 4.81. The lowest BCUT2D eigenvalue weighted by atomic mass is 9.92. The number of halogens is 1. The zero-order valence-corrected chi connectivity index (χ0v) is 17.2. The summed E-state index contributed by atoms with van der Waals surface area (Å²) in [5.74, 6) is -0.273. The molecule has 0 spiro atoms. The van der Waals surface area contributed by atoms with Crippen LogP contribution in [0.2, 0.25) is 0 Å². The average Bonchev–Trinajstić information content (AvgIpc) is 2.98. The second kappa shape index (κ2) is 9.37. The molecule has 0 saturated carbocycles. The summed E-state index contributed by atoms with van der Waals surface area (Å²) in [4.78, 5) is 2.20. The van der Waals surface area contributed by atoms with Crippen molar-refractivity contribution in [1.29, 1.82) is 0 Å². The zero-order chi connectivity index (χ0) is 21.8. The van der Waals surface area contributed by atoms with E-state index in [9.17, 15) is 19.7 Å². The highest BCUT2D eigenvalue weighted by atomic mass is 19.1. The van der Waals surface area contributed by atoms with Gasteiger partial charge in [0.25, 0.3) is 0 Å². The molecule has 2 aliphatic rings. The fraction of sp³-hybridized carbons (Fsp3) is 0.280. The van der Waals surface area contributed by atoms with Crippen LogP contribution in [0.5, 0.6) is 11.5 Å². The van der Waals surface area contributed by atoms with Crippen molar-refractivity contribution in [3.05, 3.63) is 95.5 Å². The van der Waals surface area contributed by atoms with E-state index in [2.05, 4.69) is 22.4 Å². The minimum Gasteiger partial charge on any atom is -0.508 e. The molecule has 1 saturated heterocycles. The predicted molar refractivity (Wildman–Crippen MR) is 118 cm³/mol. The highest BCUT2D eigenvalue weighted by Crippen LogP contribution is 2.40. The first-order valence-corrected chi connectivity index (χ1v) is 10.5. The van der Waals surface area contributed by atoms with E-state index in [0.717, 1.165) is 17.7 Å². The van der Waals surface area contributed by atoms with Gasteiger partial charge in [-0.25, -0.2) is 4.39 Å². The van der Waals surface area contributed by atoms with Gasteiger partial charge in [-0.1, -0.05) is 36.4 Å². The summed E-state index contributed by atoms with van der Waals surface area (Å²) in [6, 6.07) is 10.4. The van der Waals surface area contributed by atoms with E-state index < -0.39 is 6.10 Å². The number of aromatic hydroxyl groups is 2. The number of phenolic OH excluding ortho intramolecular Hbond substituents is 2. The number of phenols is 2. The molecule has 1 heterocycles. The summed E-state index contributed by atoms with van der Waals surface area (Å²) in [6.07, 6.45) is 11.5. The van der Waals surface area contributed by atoms with Crippen LogP contribution in [0.1, 0.15) is 42.5 Å². The number of hydrogen-bond acceptors (Lipinski definition) is 5. The Labute approximate surface area is 181 Å². The Kier molecular flexibility index (Phi) is 6.39. The van der Waals surface area contributed by atoms with Gasteiger partial charge in [0.15, 0.2) is 0 Å². The monoisotopic (exact) mass is 422 g/mol. The van der Waals surface area contributed by atoms with Gasteiger partial charge in [-0.05, 0) is 55.2 Å². The molecular weight excluding hydrogens is 395 g/mol. The highest BCUT2D eigenvalue weighted by molar-refractivity contribution is 5.43. The smallest absolute Gasteiger partial charge is 0.124 e. The number of rotatable bonds is 6. The lowest BCUT2D eigenvalue weighted by molar-refractivity contribution is 0.157. The second-order valence-corrected chi connectivity index (χ2v) is 7.92. The largest absolute Gasteiger partial charge is 0.508 e. The SMILES string of the molecule is Oc1ccc(C2C(CCC(O)c3ccc(F)cc3)NCN2C2=CCC=CC=C2)c(O)c1. The minimum absolute atomic E-state index is 0.0137. The maximum atomic E-state index is 13.2. The molecule has 3 unspecified atom stereocenters. The van der Waals surface area contributed by atoms with Crippen molar-refractivity contribution < 1.29 is 19.7 Å². The van der Waals surface area contributed by atoms with E-state index in [4.69, 9.17) is 0 Å². The average molecular weight is 423 g/mol. The molecule has 1 fully saturated rings. The molecule has 6 heteroatoms. The van der Waals surface area contributed by atoms with Gasteiger partial charge < -0.3 is 20.2 Å². The van der Waals surface area contributed by atoms with Crippen molar-refractivity contribution in [2.24, 2.45) is 0 Å². The first-order valence-electron chi connectivity index (χ1n) is 10.5. The van der Waals surface area contributed by atoms with Crippen molar-refractivity contribution in [3.8, 4) is 11.5 Å². The Morgan fingerprint density at radius 2 is 1.90 bits per heavy atom. The fourth-order valence-electron chi connectivity index (χ4n) is 4.29. The van der Waals surface area contributed by atoms with Crippen molar-refractivity contribution in [1.82, 2.24) is 10.2 Å². The third-order valence-corrected chi connectivity index (χ3v) is 5.89. The molecule has 0 radical (unpaired) electrons. The Hall–Kier alpha value is -3.09. The number of benzene rings is 2. The van der Waals surface area contributed by atoms with Crippen LogP contribution in [0.25, 0.3) is 0 Å². The van der Waals surface area contributed by atoms with Gasteiger partial charge >= 0.3 is 0 Å². The van der Waals surface area contributed by atoms with E-state index in [-0.39, 0.29) is 29.4 Å². The minimum atomic E-state index is -0.702. The molecule has 1 aliphatic heterocycles. The molecule has 0 amide bonds. The van der Waals surface area contributed by atoms with Crippen LogP contribution in [-0.4, -0.2) is 32.9 Å². The first-order chi connectivity index (χ1) is 15.0. The maximum absolute atomic E-state index is 13.2. The molecular formula is C25H27FN2O3. The number of hydrogen-bond donors (Lipinski definition) is 4. The quantitative estimate of drug-likeness (QED) is 0.554. The molecule has 1 aliphatic carbocycles. The van der Waals surface area contributed by atoms with Crippen LogP contribution in [-0.2, 0) is 0 Å². The summed E-state index contributed by atoms with van der Waals surface area (Å²) in [5.41, 5.74) is 2.45. The Bertz CT molecular complexity index is 1000. The molecule has 2 aromatic rings. The van der Waals surface area contributed by atoms with Gasteiger partial charge in [0.05, 0.1) is 18.8 Å². The van der Waals surface area contributed by atoms with Crippen LogP contribution >= 0.6 is 0 Å². The van der Waals surface area contributed by atoms with Gasteiger partial charge in [0, 0.05) is 23.4 Å². The van der Waals surface area contributed by atoms with Crippen LogP contribution in [0.4, 0.5) is 4.39 Å². The normalized spacial score (nSPS) is 21.7. The third-order valence-electron chi connectivity index (χ3n) is 5.89. The summed E-state index contributed by atoms with van der Waals surface area (Å²) in [7, 11) is 0. The summed E-state index contributed by atoms with van der Waals surface area (Å²) in [6.45, 7) is 0.596. The molecule has 2 aromatic carbocycles. The van der Waals surface area contributed by atoms with Crippen LogP contribution in [0.3, 0.4) is 0 Å². The lowest BCUT2D eigenvalue weighted by Gasteiger charge is -2.31. The number of allylic oxidation sites excluding steroid dienone is 5. The molecule has 3 atom stereocenters. The lowest BCUT2D eigenvalue weighted by Crippen LogP contribution is -2.28. The maximum Gasteiger partial charge on any atom is 0.124 e. The number of nitrogens with one attached hydrogen (secondary N) is 1. The van der Waals surface area contributed by atoms with E-state index in [1.54, 1.807) is 24.3 Å². The Balaban J connectivity index is 1.57. The Morgan fingerprint density at radius 3 is 2.68 bits per heavy atom. The van der Waals surface area contributed by atoms with Gasteiger partial charge in [-0.2, -0.15) is 0 Å². The highest BCUT2D eigenvalue weighted by Gasteiger charge is 2.37. The predicted octanol–water partition coefficient (Wildman–Crippen LogP) is 4.42. The van der Waals surface area contributed by atoms with Crippen LogP contribution < -0.4 is 5.32 Å². The molecule has 4 rings (SSSR count). The van der Waals surface area contributed by atoms with Crippen molar-refractivity contribution in [2.75, 3.05) is 6.67 Å². The van der Waals surface area contributed by atoms with Gasteiger partial charge in [-0.3, -0.25) is 5.32 Å². The standard InChI is InChI=1S/C25H27FN2O3/c26-18-9-7-17(8-10-18)23(30)14-13-22-25(21-12-11-20(29)15-24(21)31)28(16-27-22)19-5-3-1-2-4-6-19/h1-3,5-12,15,22-23,25,27,29-31H,4,13-14,16H2. The van der Waals surface area contributed by atoms with Crippen LogP contribution in [0.15, 0.2) is 78.5 Å². The van der Waals surface area contributed by atoms with E-state index in [1.807, 2.05) is 18.2 Å². The molecule has 162 valence electrons. The molecule has 31 heavy (non-hydrogen) atoms. The van der Waals surface area contributed by atoms with Crippen molar-refractivity contribution in [3.63, 3.8) is 0 Å². The van der Waals surface area contributed by atoms with Gasteiger partial charge in [-0.15, -0.1) is 0 Å². The molecule has 5 nitrogen and oxygen atoms in total.